The second-order valence-corrected chi connectivity index (χ2v) is 4.69. The predicted molar refractivity (Wildman–Crippen MR) is 66.8 cm³/mol. The summed E-state index contributed by atoms with van der Waals surface area (Å²) in [4.78, 5) is 13.7. The molecule has 4 heteroatoms. The molecule has 1 rings (SSSR count). The summed E-state index contributed by atoms with van der Waals surface area (Å²) >= 11 is 0. The molecule has 100 valence electrons. The predicted octanol–water partition coefficient (Wildman–Crippen LogP) is 1.57. The lowest BCUT2D eigenvalue weighted by Crippen LogP contribution is -2.42. The van der Waals surface area contributed by atoms with Gasteiger partial charge >= 0.3 is 5.97 Å². The van der Waals surface area contributed by atoms with E-state index in [0.29, 0.717) is 13.0 Å². The third kappa shape index (κ3) is 5.50. The minimum absolute atomic E-state index is 0.110. The highest BCUT2D eigenvalue weighted by Crippen LogP contribution is 2.16. The van der Waals surface area contributed by atoms with Crippen LogP contribution >= 0.6 is 0 Å². The first-order chi connectivity index (χ1) is 8.27. The summed E-state index contributed by atoms with van der Waals surface area (Å²) < 4.78 is 5.11. The van der Waals surface area contributed by atoms with Crippen LogP contribution in [0.2, 0.25) is 0 Å². The van der Waals surface area contributed by atoms with Crippen molar-refractivity contribution in [2.24, 2.45) is 0 Å². The number of aliphatic hydroxyl groups excluding tert-OH is 1. The lowest BCUT2D eigenvalue weighted by molar-refractivity contribution is -0.144. The summed E-state index contributed by atoms with van der Waals surface area (Å²) in [5, 5.41) is 9.24. The number of piperidine rings is 1. The van der Waals surface area contributed by atoms with Gasteiger partial charge in [-0.3, -0.25) is 9.69 Å². The Balaban J connectivity index is 2.17. The zero-order valence-corrected chi connectivity index (χ0v) is 10.9. The van der Waals surface area contributed by atoms with Crippen LogP contribution in [0.15, 0.2) is 0 Å². The van der Waals surface area contributed by atoms with Crippen molar-refractivity contribution < 1.29 is 14.6 Å². The van der Waals surface area contributed by atoms with Crippen LogP contribution in [0, 0.1) is 0 Å². The van der Waals surface area contributed by atoms with E-state index < -0.39 is 0 Å². The van der Waals surface area contributed by atoms with E-state index in [-0.39, 0.29) is 18.6 Å². The zero-order chi connectivity index (χ0) is 12.5. The number of aliphatic hydroxyl groups is 1. The number of rotatable bonds is 7. The Labute approximate surface area is 104 Å². The van der Waals surface area contributed by atoms with Crippen molar-refractivity contribution in [3.8, 4) is 0 Å². The first-order valence-corrected chi connectivity index (χ1v) is 6.78. The van der Waals surface area contributed by atoms with E-state index in [4.69, 9.17) is 4.74 Å². The minimum Gasteiger partial charge on any atom is -0.466 e. The summed E-state index contributed by atoms with van der Waals surface area (Å²) in [5.74, 6) is -0.110. The number of ether oxygens (including phenoxy) is 1. The van der Waals surface area contributed by atoms with E-state index in [2.05, 4.69) is 11.8 Å². The number of unbranched alkanes of at least 4 members (excludes halogenated alkanes) is 1. The molecule has 1 fully saturated rings. The van der Waals surface area contributed by atoms with Gasteiger partial charge in [0.05, 0.1) is 19.6 Å². The van der Waals surface area contributed by atoms with Crippen molar-refractivity contribution >= 4 is 5.97 Å². The van der Waals surface area contributed by atoms with E-state index in [1.165, 1.54) is 12.8 Å². The molecular weight excluding hydrogens is 218 g/mol. The van der Waals surface area contributed by atoms with Crippen LogP contribution in [-0.4, -0.2) is 48.3 Å². The van der Waals surface area contributed by atoms with Crippen LogP contribution in [-0.2, 0) is 9.53 Å². The quantitative estimate of drug-likeness (QED) is 0.544. The maximum atomic E-state index is 11.4. The second kappa shape index (κ2) is 8.48. The Morgan fingerprint density at radius 2 is 2.29 bits per heavy atom. The maximum absolute atomic E-state index is 11.4. The summed E-state index contributed by atoms with van der Waals surface area (Å²) in [7, 11) is 0. The third-order valence-electron chi connectivity index (χ3n) is 3.32. The number of esters is 1. The average molecular weight is 243 g/mol. The fourth-order valence-electron chi connectivity index (χ4n) is 2.20. The van der Waals surface area contributed by atoms with E-state index >= 15 is 0 Å². The second-order valence-electron chi connectivity index (χ2n) is 4.69. The Kier molecular flexibility index (Phi) is 7.21. The molecule has 1 saturated heterocycles. The molecule has 0 bridgehead atoms. The highest BCUT2D eigenvalue weighted by molar-refractivity contribution is 5.69. The van der Waals surface area contributed by atoms with Crippen molar-refractivity contribution in [3.05, 3.63) is 0 Å². The van der Waals surface area contributed by atoms with E-state index in [0.717, 1.165) is 32.4 Å². The van der Waals surface area contributed by atoms with Crippen molar-refractivity contribution in [1.82, 2.24) is 4.90 Å². The lowest BCUT2D eigenvalue weighted by atomic mass is 10.0. The number of carbonyl (C=O) groups excluding carboxylic acids is 1. The van der Waals surface area contributed by atoms with Gasteiger partial charge in [-0.2, -0.15) is 0 Å². The highest BCUT2D eigenvalue weighted by atomic mass is 16.5. The van der Waals surface area contributed by atoms with E-state index in [9.17, 15) is 9.90 Å². The molecule has 0 unspecified atom stereocenters. The van der Waals surface area contributed by atoms with Crippen molar-refractivity contribution in [2.45, 2.75) is 51.5 Å². The normalized spacial score (nSPS) is 21.4. The molecule has 0 aromatic rings. The molecule has 0 amide bonds. The van der Waals surface area contributed by atoms with E-state index in [1.807, 2.05) is 0 Å². The van der Waals surface area contributed by atoms with Gasteiger partial charge < -0.3 is 9.84 Å². The summed E-state index contributed by atoms with van der Waals surface area (Å²) in [6, 6.07) is 0.243. The van der Waals surface area contributed by atoms with Crippen LogP contribution in [0.25, 0.3) is 0 Å². The van der Waals surface area contributed by atoms with Gasteiger partial charge in [-0.1, -0.05) is 19.8 Å². The number of hydrogen-bond acceptors (Lipinski definition) is 4. The smallest absolute Gasteiger partial charge is 0.307 e. The maximum Gasteiger partial charge on any atom is 0.307 e. The number of nitrogens with zero attached hydrogens (tertiary/aromatic N) is 1. The van der Waals surface area contributed by atoms with Crippen molar-refractivity contribution in [3.63, 3.8) is 0 Å². The molecular formula is C13H25NO3. The molecule has 17 heavy (non-hydrogen) atoms. The Bertz CT molecular complexity index is 221. The molecule has 0 spiro atoms. The molecule has 0 aromatic heterocycles. The monoisotopic (exact) mass is 243 g/mol. The first-order valence-electron chi connectivity index (χ1n) is 6.78. The largest absolute Gasteiger partial charge is 0.466 e. The summed E-state index contributed by atoms with van der Waals surface area (Å²) in [6.07, 6.45) is 5.83. The van der Waals surface area contributed by atoms with Gasteiger partial charge in [0.25, 0.3) is 0 Å². The molecule has 1 heterocycles. The van der Waals surface area contributed by atoms with Gasteiger partial charge in [0.15, 0.2) is 0 Å². The topological polar surface area (TPSA) is 49.8 Å². The molecule has 0 aromatic carbocycles. The zero-order valence-electron chi connectivity index (χ0n) is 10.9. The number of carbonyl (C=O) groups is 1. The minimum atomic E-state index is -0.110. The molecule has 0 saturated carbocycles. The fourth-order valence-corrected chi connectivity index (χ4v) is 2.20. The van der Waals surface area contributed by atoms with Gasteiger partial charge in [-0.15, -0.1) is 0 Å². The number of likely N-dealkylation sites (tertiary alicyclic amines) is 1. The standard InChI is InChI=1S/C13H25NO3/c1-2-3-10-17-13(16)7-9-14-8-5-4-6-12(14)11-15/h12,15H,2-11H2,1H3/t12-/m1/s1. The van der Waals surface area contributed by atoms with Crippen LogP contribution in [0.5, 0.6) is 0 Å². The average Bonchev–Trinajstić information content (AvgIpc) is 2.37. The van der Waals surface area contributed by atoms with Crippen LogP contribution in [0.1, 0.15) is 45.4 Å². The van der Waals surface area contributed by atoms with Crippen molar-refractivity contribution in [1.29, 1.82) is 0 Å². The Hall–Kier alpha value is -0.610. The molecule has 0 aliphatic carbocycles. The molecule has 0 radical (unpaired) electrons. The highest BCUT2D eigenvalue weighted by Gasteiger charge is 2.21. The fraction of sp³-hybridized carbons (Fsp3) is 0.923. The lowest BCUT2D eigenvalue weighted by Gasteiger charge is -2.34. The van der Waals surface area contributed by atoms with E-state index in [1.54, 1.807) is 0 Å². The summed E-state index contributed by atoms with van der Waals surface area (Å²) in [6.45, 7) is 4.53. The first kappa shape index (κ1) is 14.5. The molecule has 1 atom stereocenters. The van der Waals surface area contributed by atoms with Gasteiger partial charge in [0, 0.05) is 12.6 Å². The van der Waals surface area contributed by atoms with Gasteiger partial charge in [-0.05, 0) is 25.8 Å². The SMILES string of the molecule is CCCCOC(=O)CCN1CCCC[C@@H]1CO. The molecule has 1 aliphatic rings. The van der Waals surface area contributed by atoms with Gasteiger partial charge in [0.1, 0.15) is 0 Å². The molecule has 1 N–H and O–H groups in total. The van der Waals surface area contributed by atoms with Crippen LogP contribution in [0.4, 0.5) is 0 Å². The third-order valence-corrected chi connectivity index (χ3v) is 3.32. The van der Waals surface area contributed by atoms with Gasteiger partial charge in [-0.25, -0.2) is 0 Å². The number of hydrogen-bond donors (Lipinski definition) is 1. The summed E-state index contributed by atoms with van der Waals surface area (Å²) in [5.41, 5.74) is 0. The van der Waals surface area contributed by atoms with Crippen molar-refractivity contribution in [2.75, 3.05) is 26.3 Å². The molecule has 4 nitrogen and oxygen atoms in total. The Morgan fingerprint density at radius 1 is 1.47 bits per heavy atom. The van der Waals surface area contributed by atoms with Crippen LogP contribution in [0.3, 0.4) is 0 Å². The molecule has 1 aliphatic heterocycles. The van der Waals surface area contributed by atoms with Crippen LogP contribution < -0.4 is 0 Å². The Morgan fingerprint density at radius 3 is 3.00 bits per heavy atom. The van der Waals surface area contributed by atoms with Gasteiger partial charge in [0.2, 0.25) is 0 Å².